The van der Waals surface area contributed by atoms with Crippen molar-refractivity contribution in [3.8, 4) is 0 Å². The number of halogens is 3. The molecule has 0 radical (unpaired) electrons. The van der Waals surface area contributed by atoms with E-state index in [1.165, 1.54) is 6.07 Å². The minimum Gasteiger partial charge on any atom is -0.373 e. The first-order chi connectivity index (χ1) is 11.0. The Bertz CT molecular complexity index is 797. The number of hydrogen-bond donors (Lipinski definition) is 1. The van der Waals surface area contributed by atoms with Crippen molar-refractivity contribution in [2.75, 3.05) is 10.2 Å². The van der Waals surface area contributed by atoms with Crippen LogP contribution in [0.2, 0.25) is 0 Å². The molecular formula is C16H11BrF2N2O2. The van der Waals surface area contributed by atoms with Gasteiger partial charge in [0.1, 0.15) is 6.04 Å². The van der Waals surface area contributed by atoms with Crippen molar-refractivity contribution in [2.45, 2.75) is 12.5 Å². The average molecular weight is 381 g/mol. The molecule has 3 rings (SSSR count). The lowest BCUT2D eigenvalue weighted by Gasteiger charge is -2.17. The van der Waals surface area contributed by atoms with Gasteiger partial charge in [-0.05, 0) is 40.2 Å². The second-order valence-corrected chi connectivity index (χ2v) is 5.90. The number of benzene rings is 2. The molecule has 1 N–H and O–H groups in total. The summed E-state index contributed by atoms with van der Waals surface area (Å²) in [4.78, 5) is 25.7. The highest BCUT2D eigenvalue weighted by Crippen LogP contribution is 2.31. The van der Waals surface area contributed by atoms with Crippen LogP contribution in [0.1, 0.15) is 6.42 Å². The maximum atomic E-state index is 13.2. The molecule has 2 aromatic rings. The third kappa shape index (κ3) is 2.96. The zero-order valence-electron chi connectivity index (χ0n) is 11.7. The van der Waals surface area contributed by atoms with Gasteiger partial charge in [0.25, 0.3) is 5.91 Å². The van der Waals surface area contributed by atoms with Gasteiger partial charge in [-0.25, -0.2) is 13.7 Å². The Morgan fingerprint density at radius 2 is 1.83 bits per heavy atom. The largest absolute Gasteiger partial charge is 0.373 e. The molecule has 0 bridgehead atoms. The third-order valence-corrected chi connectivity index (χ3v) is 4.17. The van der Waals surface area contributed by atoms with Gasteiger partial charge in [0.15, 0.2) is 11.6 Å². The second-order valence-electron chi connectivity index (χ2n) is 5.05. The number of carbonyl (C=O) groups is 2. The Morgan fingerprint density at radius 3 is 2.52 bits per heavy atom. The van der Waals surface area contributed by atoms with E-state index in [9.17, 15) is 18.4 Å². The molecule has 1 heterocycles. The summed E-state index contributed by atoms with van der Waals surface area (Å²) in [6, 6.07) is 9.29. The normalized spacial score (nSPS) is 17.7. The van der Waals surface area contributed by atoms with E-state index in [1.807, 2.05) is 0 Å². The molecule has 0 unspecified atom stereocenters. The molecule has 1 fully saturated rings. The van der Waals surface area contributed by atoms with Crippen molar-refractivity contribution in [1.82, 2.24) is 0 Å². The van der Waals surface area contributed by atoms with E-state index in [2.05, 4.69) is 21.2 Å². The lowest BCUT2D eigenvalue weighted by Crippen LogP contribution is -2.35. The predicted octanol–water partition coefficient (Wildman–Crippen LogP) is 3.47. The van der Waals surface area contributed by atoms with Crippen LogP contribution in [-0.4, -0.2) is 17.9 Å². The molecule has 0 aliphatic carbocycles. The van der Waals surface area contributed by atoms with Crippen molar-refractivity contribution in [3.63, 3.8) is 0 Å². The van der Waals surface area contributed by atoms with E-state index in [4.69, 9.17) is 0 Å². The van der Waals surface area contributed by atoms with Crippen LogP contribution in [-0.2, 0) is 9.59 Å². The van der Waals surface area contributed by atoms with Crippen LogP contribution in [0.25, 0.3) is 0 Å². The number of imide groups is 1. The van der Waals surface area contributed by atoms with Crippen LogP contribution in [0.15, 0.2) is 46.9 Å². The van der Waals surface area contributed by atoms with Crippen molar-refractivity contribution in [1.29, 1.82) is 0 Å². The van der Waals surface area contributed by atoms with Crippen LogP contribution in [0.4, 0.5) is 20.2 Å². The zero-order valence-corrected chi connectivity index (χ0v) is 13.3. The predicted molar refractivity (Wildman–Crippen MR) is 85.0 cm³/mol. The molecule has 0 aromatic heterocycles. The maximum Gasteiger partial charge on any atom is 0.256 e. The van der Waals surface area contributed by atoms with Crippen molar-refractivity contribution in [3.05, 3.63) is 58.6 Å². The standard InChI is InChI=1S/C16H11BrF2N2O2/c17-10-3-1-2-4-14(10)21-15(22)8-13(16(21)23)20-9-5-6-11(18)12(19)7-9/h1-7,13,20H,8H2/t13-/m0/s1. The molecule has 7 heteroatoms. The maximum absolute atomic E-state index is 13.2. The smallest absolute Gasteiger partial charge is 0.256 e. The highest BCUT2D eigenvalue weighted by Gasteiger charge is 2.40. The van der Waals surface area contributed by atoms with E-state index in [0.717, 1.165) is 17.0 Å². The lowest BCUT2D eigenvalue weighted by molar-refractivity contribution is -0.121. The van der Waals surface area contributed by atoms with E-state index < -0.39 is 23.6 Å². The van der Waals surface area contributed by atoms with Gasteiger partial charge >= 0.3 is 0 Å². The van der Waals surface area contributed by atoms with Crippen LogP contribution in [0, 0.1) is 11.6 Å². The number of nitrogens with zero attached hydrogens (tertiary/aromatic N) is 1. The van der Waals surface area contributed by atoms with E-state index in [0.29, 0.717) is 10.2 Å². The van der Waals surface area contributed by atoms with E-state index in [-0.39, 0.29) is 18.0 Å². The molecule has 2 aromatic carbocycles. The van der Waals surface area contributed by atoms with Gasteiger partial charge in [0, 0.05) is 16.2 Å². The van der Waals surface area contributed by atoms with Crippen LogP contribution in [0.3, 0.4) is 0 Å². The molecule has 23 heavy (non-hydrogen) atoms. The third-order valence-electron chi connectivity index (χ3n) is 3.50. The molecule has 0 saturated carbocycles. The highest BCUT2D eigenvalue weighted by molar-refractivity contribution is 9.10. The van der Waals surface area contributed by atoms with E-state index >= 15 is 0 Å². The fourth-order valence-corrected chi connectivity index (χ4v) is 2.88. The summed E-state index contributed by atoms with van der Waals surface area (Å²) < 4.78 is 26.8. The van der Waals surface area contributed by atoms with Gasteiger partial charge in [0.05, 0.1) is 12.1 Å². The van der Waals surface area contributed by atoms with Crippen molar-refractivity contribution < 1.29 is 18.4 Å². The molecule has 1 atom stereocenters. The summed E-state index contributed by atoms with van der Waals surface area (Å²) in [5.74, 6) is -2.79. The van der Waals surface area contributed by atoms with E-state index in [1.54, 1.807) is 24.3 Å². The van der Waals surface area contributed by atoms with Crippen molar-refractivity contribution >= 4 is 39.1 Å². The van der Waals surface area contributed by atoms with Crippen LogP contribution >= 0.6 is 15.9 Å². The molecule has 1 aliphatic rings. The SMILES string of the molecule is O=C1C[C@H](Nc2ccc(F)c(F)c2)C(=O)N1c1ccccc1Br. The average Bonchev–Trinajstić information content (AvgIpc) is 2.78. The van der Waals surface area contributed by atoms with Gasteiger partial charge in [-0.3, -0.25) is 9.59 Å². The number of rotatable bonds is 3. The summed E-state index contributed by atoms with van der Waals surface area (Å²) >= 11 is 3.31. The number of amides is 2. The minimum atomic E-state index is -1.02. The van der Waals surface area contributed by atoms with Gasteiger partial charge in [-0.1, -0.05) is 12.1 Å². The van der Waals surface area contributed by atoms with Crippen LogP contribution in [0.5, 0.6) is 0 Å². The Morgan fingerprint density at radius 1 is 1.09 bits per heavy atom. The number of anilines is 2. The zero-order chi connectivity index (χ0) is 16.6. The number of para-hydroxylation sites is 1. The monoisotopic (exact) mass is 380 g/mol. The quantitative estimate of drug-likeness (QED) is 0.829. The Hall–Kier alpha value is -2.28. The summed E-state index contributed by atoms with van der Waals surface area (Å²) in [6.07, 6.45) is -0.0564. The fraction of sp³-hybridized carbons (Fsp3) is 0.125. The Labute approximate surface area is 139 Å². The number of carbonyl (C=O) groups excluding carboxylic acids is 2. The lowest BCUT2D eigenvalue weighted by atomic mass is 10.2. The van der Waals surface area contributed by atoms with Gasteiger partial charge in [-0.15, -0.1) is 0 Å². The molecule has 118 valence electrons. The molecule has 0 spiro atoms. The van der Waals surface area contributed by atoms with Crippen molar-refractivity contribution in [2.24, 2.45) is 0 Å². The molecule has 1 saturated heterocycles. The summed E-state index contributed by atoms with van der Waals surface area (Å²) in [5.41, 5.74) is 0.695. The molecule has 2 amide bonds. The first kappa shape index (κ1) is 15.6. The topological polar surface area (TPSA) is 49.4 Å². The first-order valence-electron chi connectivity index (χ1n) is 6.80. The number of nitrogens with one attached hydrogen (secondary N) is 1. The molecule has 4 nitrogen and oxygen atoms in total. The van der Waals surface area contributed by atoms with Gasteiger partial charge < -0.3 is 5.32 Å². The van der Waals surface area contributed by atoms with Crippen LogP contribution < -0.4 is 10.2 Å². The summed E-state index contributed by atoms with van der Waals surface area (Å²) in [7, 11) is 0. The molecular weight excluding hydrogens is 370 g/mol. The Balaban J connectivity index is 1.84. The van der Waals surface area contributed by atoms with Gasteiger partial charge in [0.2, 0.25) is 5.91 Å². The first-order valence-corrected chi connectivity index (χ1v) is 7.59. The number of hydrogen-bond acceptors (Lipinski definition) is 3. The fourth-order valence-electron chi connectivity index (χ4n) is 2.42. The summed E-state index contributed by atoms with van der Waals surface area (Å²) in [6.45, 7) is 0. The second kappa shape index (κ2) is 6.08. The minimum absolute atomic E-state index is 0.0564. The van der Waals surface area contributed by atoms with Gasteiger partial charge in [-0.2, -0.15) is 0 Å². The highest BCUT2D eigenvalue weighted by atomic mass is 79.9. The Kier molecular flexibility index (Phi) is 4.12. The summed E-state index contributed by atoms with van der Waals surface area (Å²) in [5, 5.41) is 2.77. The molecule has 1 aliphatic heterocycles.